The highest BCUT2D eigenvalue weighted by atomic mass is 16.6. The fourth-order valence-corrected chi connectivity index (χ4v) is 6.13. The van der Waals surface area contributed by atoms with Crippen molar-refractivity contribution in [3.63, 3.8) is 0 Å². The second kappa shape index (κ2) is 45.6. The van der Waals surface area contributed by atoms with Crippen LogP contribution in [0.2, 0.25) is 0 Å². The van der Waals surface area contributed by atoms with E-state index in [1.54, 1.807) is 0 Å². The Kier molecular flexibility index (Phi) is 43.0. The van der Waals surface area contributed by atoms with Crippen molar-refractivity contribution in [1.82, 2.24) is 0 Å². The van der Waals surface area contributed by atoms with Gasteiger partial charge in [0.25, 0.3) is 0 Å². The first-order valence-electron chi connectivity index (χ1n) is 23.5. The van der Waals surface area contributed by atoms with Gasteiger partial charge in [0.05, 0.1) is 0 Å². The lowest BCUT2D eigenvalue weighted by Crippen LogP contribution is -2.30. The molecule has 0 rings (SSSR count). The first kappa shape index (κ1) is 53.9. The van der Waals surface area contributed by atoms with Gasteiger partial charge in [0.15, 0.2) is 6.10 Å². The van der Waals surface area contributed by atoms with Gasteiger partial charge in [-0.25, -0.2) is 0 Å². The number of carbonyl (C=O) groups is 3. The number of unbranched alkanes of at least 4 members (excludes halogenated alkanes) is 19. The van der Waals surface area contributed by atoms with Crippen LogP contribution in [-0.2, 0) is 28.6 Å². The fraction of sp³-hybridized carbons (Fsp3) is 0.706. The Bertz CT molecular complexity index is 1100. The highest BCUT2D eigenvalue weighted by Gasteiger charge is 2.19. The summed E-state index contributed by atoms with van der Waals surface area (Å²) in [6.45, 7) is 6.39. The molecule has 0 fully saturated rings. The van der Waals surface area contributed by atoms with Crippen LogP contribution >= 0.6 is 0 Å². The summed E-state index contributed by atoms with van der Waals surface area (Å²) in [5.41, 5.74) is 0. The number of carbonyl (C=O) groups excluding carboxylic acids is 3. The lowest BCUT2D eigenvalue weighted by molar-refractivity contribution is -0.167. The summed E-state index contributed by atoms with van der Waals surface area (Å²) in [7, 11) is 0. The summed E-state index contributed by atoms with van der Waals surface area (Å²) in [4.78, 5) is 37.8. The maximum atomic E-state index is 12.7. The molecular formula is C51H86O6. The normalized spacial score (nSPS) is 12.7. The lowest BCUT2D eigenvalue weighted by atomic mass is 10.1. The van der Waals surface area contributed by atoms with E-state index in [-0.39, 0.29) is 31.1 Å². The molecule has 6 heteroatoms. The smallest absolute Gasteiger partial charge is 0.306 e. The van der Waals surface area contributed by atoms with E-state index < -0.39 is 6.10 Å². The minimum Gasteiger partial charge on any atom is -0.462 e. The molecule has 0 aromatic heterocycles. The van der Waals surface area contributed by atoms with E-state index in [2.05, 4.69) is 93.7 Å². The van der Waals surface area contributed by atoms with Gasteiger partial charge in [-0.1, -0.05) is 171 Å². The number of hydrogen-bond acceptors (Lipinski definition) is 6. The summed E-state index contributed by atoms with van der Waals surface area (Å²) in [6.07, 6.45) is 56.0. The average molecular weight is 795 g/mol. The van der Waals surface area contributed by atoms with Crippen molar-refractivity contribution in [2.24, 2.45) is 0 Å². The zero-order valence-corrected chi connectivity index (χ0v) is 37.1. The van der Waals surface area contributed by atoms with Crippen LogP contribution in [0.1, 0.15) is 213 Å². The molecule has 0 saturated heterocycles. The van der Waals surface area contributed by atoms with Crippen LogP contribution in [0, 0.1) is 0 Å². The second-order valence-corrected chi connectivity index (χ2v) is 15.3. The predicted molar refractivity (Wildman–Crippen MR) is 242 cm³/mol. The molecule has 0 N–H and O–H groups in total. The van der Waals surface area contributed by atoms with Gasteiger partial charge in [-0.3, -0.25) is 14.4 Å². The molecule has 1 atom stereocenters. The van der Waals surface area contributed by atoms with Gasteiger partial charge in [0.1, 0.15) is 13.2 Å². The van der Waals surface area contributed by atoms with E-state index in [1.165, 1.54) is 57.8 Å². The molecule has 0 spiro atoms. The van der Waals surface area contributed by atoms with E-state index in [1.807, 2.05) is 0 Å². The molecule has 0 aromatic carbocycles. The van der Waals surface area contributed by atoms with Crippen LogP contribution in [0.5, 0.6) is 0 Å². The Balaban J connectivity index is 4.48. The summed E-state index contributed by atoms with van der Waals surface area (Å²) >= 11 is 0. The van der Waals surface area contributed by atoms with E-state index in [0.717, 1.165) is 116 Å². The van der Waals surface area contributed by atoms with Crippen molar-refractivity contribution < 1.29 is 28.6 Å². The van der Waals surface area contributed by atoms with Gasteiger partial charge in [-0.15, -0.1) is 0 Å². The van der Waals surface area contributed by atoms with Crippen molar-refractivity contribution in [3.8, 4) is 0 Å². The van der Waals surface area contributed by atoms with Crippen LogP contribution in [0.3, 0.4) is 0 Å². The van der Waals surface area contributed by atoms with Gasteiger partial charge in [0.2, 0.25) is 0 Å². The van der Waals surface area contributed by atoms with Crippen molar-refractivity contribution in [3.05, 3.63) is 72.9 Å². The molecule has 0 saturated carbocycles. The fourth-order valence-electron chi connectivity index (χ4n) is 6.13. The number of ether oxygens (including phenoxy) is 3. The third-order valence-corrected chi connectivity index (χ3v) is 9.69. The molecule has 0 amide bonds. The van der Waals surface area contributed by atoms with Crippen molar-refractivity contribution in [1.29, 1.82) is 0 Å². The van der Waals surface area contributed by atoms with Crippen LogP contribution < -0.4 is 0 Å². The molecule has 1 unspecified atom stereocenters. The topological polar surface area (TPSA) is 78.9 Å². The quantitative estimate of drug-likeness (QED) is 0.0202. The molecular weight excluding hydrogens is 709 g/mol. The van der Waals surface area contributed by atoms with E-state index in [9.17, 15) is 14.4 Å². The Hall–Kier alpha value is -3.15. The predicted octanol–water partition coefficient (Wildman–Crippen LogP) is 15.1. The van der Waals surface area contributed by atoms with Gasteiger partial charge in [-0.2, -0.15) is 0 Å². The molecule has 0 aliphatic carbocycles. The standard InChI is InChI=1S/C51H86O6/c1-4-7-10-13-16-19-22-24-26-29-32-35-38-41-44-50(53)56-47-48(46-55-49(52)43-40-37-34-31-28-21-18-15-12-9-6-3)57-51(54)45-42-39-36-33-30-27-25-23-20-17-14-11-8-5-2/h7,10,15-16,18-19,21,24,26-28,30,48H,4-6,8-9,11-14,17,20,22-23,25,29,31-47H2,1-3H3/b10-7-,18-15-,19-16-,26-24-,28-21-,30-27-. The molecule has 0 heterocycles. The van der Waals surface area contributed by atoms with Gasteiger partial charge >= 0.3 is 17.9 Å². The summed E-state index contributed by atoms with van der Waals surface area (Å²) in [6, 6.07) is 0. The Morgan fingerprint density at radius 3 is 1.26 bits per heavy atom. The van der Waals surface area contributed by atoms with Crippen LogP contribution in [0.25, 0.3) is 0 Å². The van der Waals surface area contributed by atoms with Gasteiger partial charge in [-0.05, 0) is 96.3 Å². The van der Waals surface area contributed by atoms with E-state index >= 15 is 0 Å². The molecule has 0 radical (unpaired) electrons. The Labute approximate surface area is 351 Å². The number of hydrogen-bond donors (Lipinski definition) is 0. The van der Waals surface area contributed by atoms with E-state index in [4.69, 9.17) is 14.2 Å². The van der Waals surface area contributed by atoms with Gasteiger partial charge in [0, 0.05) is 19.3 Å². The maximum absolute atomic E-state index is 12.7. The minimum absolute atomic E-state index is 0.102. The Morgan fingerprint density at radius 1 is 0.386 bits per heavy atom. The lowest BCUT2D eigenvalue weighted by Gasteiger charge is -2.18. The molecule has 0 aromatic rings. The summed E-state index contributed by atoms with van der Waals surface area (Å²) in [5, 5.41) is 0. The maximum Gasteiger partial charge on any atom is 0.306 e. The number of esters is 3. The monoisotopic (exact) mass is 795 g/mol. The molecule has 326 valence electrons. The molecule has 0 bridgehead atoms. The number of allylic oxidation sites excluding steroid dienone is 12. The van der Waals surface area contributed by atoms with E-state index in [0.29, 0.717) is 19.3 Å². The van der Waals surface area contributed by atoms with Crippen LogP contribution in [-0.4, -0.2) is 37.2 Å². The zero-order valence-electron chi connectivity index (χ0n) is 37.1. The molecule has 0 aliphatic rings. The first-order valence-corrected chi connectivity index (χ1v) is 23.5. The van der Waals surface area contributed by atoms with Crippen molar-refractivity contribution >= 4 is 17.9 Å². The Morgan fingerprint density at radius 2 is 0.754 bits per heavy atom. The SMILES string of the molecule is CC/C=C\C/C=C\C/C=C\CCCCCCC(=O)OCC(COC(=O)CCCCC/C=C\C=C/CCCC)OC(=O)CCCCC/C=C\CCCCCCCCC. The van der Waals surface area contributed by atoms with Crippen LogP contribution in [0.15, 0.2) is 72.9 Å². The summed E-state index contributed by atoms with van der Waals surface area (Å²) < 4.78 is 16.7. The molecule has 6 nitrogen and oxygen atoms in total. The zero-order chi connectivity index (χ0) is 41.5. The van der Waals surface area contributed by atoms with Crippen LogP contribution in [0.4, 0.5) is 0 Å². The summed E-state index contributed by atoms with van der Waals surface area (Å²) in [5.74, 6) is -0.972. The first-order chi connectivity index (χ1) is 28.0. The highest BCUT2D eigenvalue weighted by Crippen LogP contribution is 2.12. The number of rotatable bonds is 41. The third-order valence-electron chi connectivity index (χ3n) is 9.69. The minimum atomic E-state index is -0.801. The highest BCUT2D eigenvalue weighted by molar-refractivity contribution is 5.71. The third kappa shape index (κ3) is 43.8. The molecule has 0 aliphatic heterocycles. The van der Waals surface area contributed by atoms with Gasteiger partial charge < -0.3 is 14.2 Å². The average Bonchev–Trinajstić information content (AvgIpc) is 3.21. The van der Waals surface area contributed by atoms with Crippen molar-refractivity contribution in [2.45, 2.75) is 219 Å². The largest absolute Gasteiger partial charge is 0.462 e. The van der Waals surface area contributed by atoms with Crippen molar-refractivity contribution in [2.75, 3.05) is 13.2 Å². The second-order valence-electron chi connectivity index (χ2n) is 15.3. The molecule has 57 heavy (non-hydrogen) atoms.